The van der Waals surface area contributed by atoms with Crippen LogP contribution < -0.4 is 5.32 Å². The zero-order chi connectivity index (χ0) is 22.5. The molecule has 3 aromatic rings. The van der Waals surface area contributed by atoms with Crippen LogP contribution in [0.4, 0.5) is 10.6 Å². The van der Waals surface area contributed by atoms with Crippen LogP contribution in [-0.2, 0) is 4.74 Å². The first-order valence-electron chi connectivity index (χ1n) is 9.92. The molecule has 32 heavy (non-hydrogen) atoms. The number of aliphatic hydroxyl groups is 2. The molecule has 1 aromatic carbocycles. The molecule has 4 N–H and O–H groups in total. The number of rotatable bonds is 4. The lowest BCUT2D eigenvalue weighted by atomic mass is 9.85. The molecule has 0 aliphatic carbocycles. The highest BCUT2D eigenvalue weighted by Gasteiger charge is 2.60. The summed E-state index contributed by atoms with van der Waals surface area (Å²) in [4.78, 5) is 37.9. The van der Waals surface area contributed by atoms with E-state index < -0.39 is 36.6 Å². The van der Waals surface area contributed by atoms with Gasteiger partial charge in [0.1, 0.15) is 18.2 Å². The van der Waals surface area contributed by atoms with E-state index in [0.717, 1.165) is 4.90 Å². The molecular formula is C20H20N6O6. The third-order valence-corrected chi connectivity index (χ3v) is 6.00. The molecule has 4 heterocycles. The maximum atomic E-state index is 12.5. The summed E-state index contributed by atoms with van der Waals surface area (Å²) < 4.78 is 7.59. The van der Waals surface area contributed by atoms with Gasteiger partial charge in [-0.3, -0.25) is 9.36 Å². The molecule has 12 nitrogen and oxygen atoms in total. The number of hydrogen-bond donors (Lipinski definition) is 4. The smallest absolute Gasteiger partial charge is 0.407 e. The molecule has 5 rings (SSSR count). The van der Waals surface area contributed by atoms with E-state index in [2.05, 4.69) is 20.3 Å². The lowest BCUT2D eigenvalue weighted by molar-refractivity contribution is -0.135. The Kier molecular flexibility index (Phi) is 4.77. The van der Waals surface area contributed by atoms with Gasteiger partial charge in [-0.2, -0.15) is 0 Å². The predicted octanol–water partition coefficient (Wildman–Crippen LogP) is 0.309. The molecule has 2 aliphatic heterocycles. The average Bonchev–Trinajstić information content (AvgIpc) is 3.28. The van der Waals surface area contributed by atoms with E-state index >= 15 is 0 Å². The van der Waals surface area contributed by atoms with E-state index in [1.807, 2.05) is 0 Å². The Labute approximate surface area is 181 Å². The molecule has 2 aliphatic rings. The van der Waals surface area contributed by atoms with E-state index in [9.17, 15) is 24.9 Å². The number of ether oxygens (including phenoxy) is 1. The van der Waals surface area contributed by atoms with Gasteiger partial charge in [-0.05, 0) is 12.1 Å². The van der Waals surface area contributed by atoms with Gasteiger partial charge in [-0.25, -0.2) is 19.7 Å². The number of fused-ring (bicyclic) bond motifs is 3. The normalized spacial score (nSPS) is 26.9. The maximum absolute atomic E-state index is 12.5. The van der Waals surface area contributed by atoms with Crippen LogP contribution in [-0.4, -0.2) is 83.1 Å². The van der Waals surface area contributed by atoms with Gasteiger partial charge in [0.15, 0.2) is 17.0 Å². The zero-order valence-electron chi connectivity index (χ0n) is 16.7. The third-order valence-electron chi connectivity index (χ3n) is 6.00. The standard InChI is InChI=1S/C20H20N6O6/c27-8-20-7-25(19(30)31)6-12(14(20)28)18(32-20)26-10-23-13-15(21-9-22-16(13)26)24-17(29)11-4-2-1-3-5-11/h1-5,9-10,12,14,18,27-28H,6-8H2,(H,30,31)(H,21,22,24,29)/t12?,14-,18?,20?/m0/s1. The van der Waals surface area contributed by atoms with Crippen LogP contribution in [0.15, 0.2) is 43.0 Å². The van der Waals surface area contributed by atoms with Gasteiger partial charge in [-0.1, -0.05) is 18.2 Å². The van der Waals surface area contributed by atoms with Crippen LogP contribution in [0.2, 0.25) is 0 Å². The van der Waals surface area contributed by atoms with Crippen molar-refractivity contribution in [3.63, 3.8) is 0 Å². The molecule has 2 saturated heterocycles. The number of carboxylic acid groups (broad SMARTS) is 1. The summed E-state index contributed by atoms with van der Waals surface area (Å²) in [5.74, 6) is -0.810. The second-order valence-corrected chi connectivity index (χ2v) is 7.87. The van der Waals surface area contributed by atoms with Gasteiger partial charge in [0.05, 0.1) is 31.5 Å². The molecule has 2 fully saturated rings. The molecule has 3 unspecified atom stereocenters. The van der Waals surface area contributed by atoms with Crippen LogP contribution in [0.25, 0.3) is 11.2 Å². The van der Waals surface area contributed by atoms with Crippen LogP contribution in [0.5, 0.6) is 0 Å². The van der Waals surface area contributed by atoms with Crippen LogP contribution in [0.3, 0.4) is 0 Å². The number of amides is 2. The lowest BCUT2D eigenvalue weighted by Crippen LogP contribution is -2.60. The highest BCUT2D eigenvalue weighted by atomic mass is 16.6. The van der Waals surface area contributed by atoms with Crippen molar-refractivity contribution in [1.82, 2.24) is 24.4 Å². The number of carbonyl (C=O) groups is 2. The van der Waals surface area contributed by atoms with Gasteiger partial charge >= 0.3 is 6.09 Å². The summed E-state index contributed by atoms with van der Waals surface area (Å²) in [6.07, 6.45) is -0.355. The number of likely N-dealkylation sites (tertiary alicyclic amines) is 1. The van der Waals surface area contributed by atoms with Gasteiger partial charge in [-0.15, -0.1) is 0 Å². The molecular weight excluding hydrogens is 420 g/mol. The number of hydrogen-bond acceptors (Lipinski definition) is 8. The minimum absolute atomic E-state index is 0.0191. The monoisotopic (exact) mass is 440 g/mol. The highest BCUT2D eigenvalue weighted by Crippen LogP contribution is 2.46. The van der Waals surface area contributed by atoms with Gasteiger partial charge in [0.2, 0.25) is 0 Å². The number of anilines is 1. The highest BCUT2D eigenvalue weighted by molar-refractivity contribution is 6.06. The summed E-state index contributed by atoms with van der Waals surface area (Å²) in [7, 11) is 0. The molecule has 0 radical (unpaired) electrons. The summed E-state index contributed by atoms with van der Waals surface area (Å²) in [5.41, 5.74) is -0.346. The molecule has 0 spiro atoms. The fourth-order valence-electron chi connectivity index (χ4n) is 4.40. The first-order chi connectivity index (χ1) is 15.4. The van der Waals surface area contributed by atoms with Crippen LogP contribution in [0, 0.1) is 5.92 Å². The first kappa shape index (κ1) is 20.3. The van der Waals surface area contributed by atoms with Crippen molar-refractivity contribution in [2.24, 2.45) is 5.92 Å². The largest absolute Gasteiger partial charge is 0.465 e. The van der Waals surface area contributed by atoms with E-state index in [4.69, 9.17) is 4.74 Å². The Morgan fingerprint density at radius 3 is 2.72 bits per heavy atom. The fraction of sp³-hybridized carbons (Fsp3) is 0.350. The van der Waals surface area contributed by atoms with Crippen molar-refractivity contribution in [3.8, 4) is 0 Å². The number of nitrogens with one attached hydrogen (secondary N) is 1. The van der Waals surface area contributed by atoms with E-state index in [0.29, 0.717) is 16.7 Å². The topological polar surface area (TPSA) is 163 Å². The number of benzene rings is 1. The molecule has 0 saturated carbocycles. The maximum Gasteiger partial charge on any atom is 0.407 e. The van der Waals surface area contributed by atoms with E-state index in [-0.39, 0.29) is 24.8 Å². The molecule has 2 aromatic heterocycles. The Balaban J connectivity index is 1.49. The van der Waals surface area contributed by atoms with Crippen molar-refractivity contribution in [2.45, 2.75) is 17.9 Å². The Morgan fingerprint density at radius 2 is 2.00 bits per heavy atom. The Morgan fingerprint density at radius 1 is 1.22 bits per heavy atom. The summed E-state index contributed by atoms with van der Waals surface area (Å²) in [5, 5.41) is 32.8. The van der Waals surface area contributed by atoms with Gasteiger partial charge in [0, 0.05) is 12.1 Å². The summed E-state index contributed by atoms with van der Waals surface area (Å²) in [6.45, 7) is -0.691. The van der Waals surface area contributed by atoms with Gasteiger partial charge in [0.25, 0.3) is 5.91 Å². The quantitative estimate of drug-likeness (QED) is 0.447. The minimum atomic E-state index is -1.44. The van der Waals surface area contributed by atoms with Crippen molar-refractivity contribution in [1.29, 1.82) is 0 Å². The van der Waals surface area contributed by atoms with E-state index in [1.165, 1.54) is 12.7 Å². The van der Waals surface area contributed by atoms with Crippen molar-refractivity contribution >= 4 is 29.0 Å². The second kappa shape index (κ2) is 7.51. The Bertz CT molecular complexity index is 1190. The predicted molar refractivity (Wildman–Crippen MR) is 109 cm³/mol. The lowest BCUT2D eigenvalue weighted by Gasteiger charge is -2.39. The van der Waals surface area contributed by atoms with Gasteiger partial charge < -0.3 is 30.3 Å². The molecule has 166 valence electrons. The van der Waals surface area contributed by atoms with Crippen molar-refractivity contribution in [2.75, 3.05) is 25.0 Å². The SMILES string of the molecule is O=C(Nc1ncnc2c1ncn2C1OC2(CO)CN(C(=O)O)CC1[C@@H]2O)c1ccccc1. The van der Waals surface area contributed by atoms with Crippen molar-refractivity contribution in [3.05, 3.63) is 48.5 Å². The van der Waals surface area contributed by atoms with E-state index in [1.54, 1.807) is 34.9 Å². The summed E-state index contributed by atoms with van der Waals surface area (Å²) >= 11 is 0. The fourth-order valence-corrected chi connectivity index (χ4v) is 4.40. The van der Waals surface area contributed by atoms with Crippen LogP contribution >= 0.6 is 0 Å². The number of carbonyl (C=O) groups excluding carboxylic acids is 1. The zero-order valence-corrected chi connectivity index (χ0v) is 16.7. The number of nitrogens with zero attached hydrogens (tertiary/aromatic N) is 5. The first-order valence-corrected chi connectivity index (χ1v) is 9.92. The number of imidazole rings is 1. The molecule has 2 amide bonds. The summed E-state index contributed by atoms with van der Waals surface area (Å²) in [6, 6.07) is 8.64. The molecule has 12 heteroatoms. The number of aliphatic hydroxyl groups excluding tert-OH is 2. The Hall–Kier alpha value is -3.61. The van der Waals surface area contributed by atoms with Crippen LogP contribution in [0.1, 0.15) is 16.6 Å². The van der Waals surface area contributed by atoms with Crippen molar-refractivity contribution < 1.29 is 29.6 Å². The molecule has 2 bridgehead atoms. The third kappa shape index (κ3) is 3.07. The number of piperidine rings is 1. The minimum Gasteiger partial charge on any atom is -0.465 e. The second-order valence-electron chi connectivity index (χ2n) is 7.87. The molecule has 4 atom stereocenters. The average molecular weight is 440 g/mol. The number of aromatic nitrogens is 4.